The van der Waals surface area contributed by atoms with Crippen molar-refractivity contribution in [3.8, 4) is 11.8 Å². The molecule has 0 aliphatic heterocycles. The number of benzene rings is 2. The van der Waals surface area contributed by atoms with E-state index in [1.165, 1.54) is 0 Å². The molecule has 3 rings (SSSR count). The minimum atomic E-state index is -0.693. The van der Waals surface area contributed by atoms with Crippen LogP contribution in [0, 0.1) is 11.8 Å². The molecule has 1 atom stereocenters. The molecule has 7 heteroatoms. The average molecular weight is 418 g/mol. The Bertz CT molecular complexity index is 1120. The largest absolute Gasteiger partial charge is 0.461 e. The lowest BCUT2D eigenvalue weighted by Crippen LogP contribution is -2.37. The van der Waals surface area contributed by atoms with Crippen molar-refractivity contribution in [1.29, 1.82) is 0 Å². The molecule has 0 spiro atoms. The highest BCUT2D eigenvalue weighted by Crippen LogP contribution is 2.21. The van der Waals surface area contributed by atoms with Crippen molar-refractivity contribution >= 4 is 34.2 Å². The number of fused-ring (bicyclic) bond motifs is 1. The first-order valence-corrected chi connectivity index (χ1v) is 10.1. The molecule has 2 aromatic carbocycles. The molecule has 160 valence electrons. The molecule has 1 aromatic heterocycles. The average Bonchev–Trinajstić information content (AvgIpc) is 3.19. The third-order valence-corrected chi connectivity index (χ3v) is 4.69. The van der Waals surface area contributed by atoms with Crippen LogP contribution in [0.2, 0.25) is 0 Å². The zero-order valence-electron chi connectivity index (χ0n) is 17.6. The molecule has 7 nitrogen and oxygen atoms in total. The highest BCUT2D eigenvalue weighted by Gasteiger charge is 2.15. The van der Waals surface area contributed by atoms with Crippen LogP contribution in [-0.4, -0.2) is 36.1 Å². The van der Waals surface area contributed by atoms with E-state index < -0.39 is 12.0 Å². The lowest BCUT2D eigenvalue weighted by molar-refractivity contribution is -0.117. The Morgan fingerprint density at radius 1 is 1.13 bits per heavy atom. The normalized spacial score (nSPS) is 11.3. The van der Waals surface area contributed by atoms with Gasteiger partial charge in [-0.15, -0.1) is 5.92 Å². The van der Waals surface area contributed by atoms with Crippen LogP contribution >= 0.6 is 0 Å². The minimum Gasteiger partial charge on any atom is -0.461 e. The summed E-state index contributed by atoms with van der Waals surface area (Å²) in [7, 11) is 0. The molecule has 0 aliphatic carbocycles. The van der Waals surface area contributed by atoms with Crippen molar-refractivity contribution in [1.82, 2.24) is 4.98 Å². The number of hydrogen-bond acceptors (Lipinski definition) is 5. The van der Waals surface area contributed by atoms with E-state index >= 15 is 0 Å². The van der Waals surface area contributed by atoms with E-state index in [0.29, 0.717) is 31.0 Å². The SMILES string of the molecule is CC#CCNc1ccc(C[C@H](N)C(=O)Nc2ccc3[nH]c(C(=O)OCC)cc3c2)cc1. The fraction of sp³-hybridized carbons (Fsp3) is 0.250. The summed E-state index contributed by atoms with van der Waals surface area (Å²) in [6, 6.07) is 14.1. The molecule has 1 heterocycles. The van der Waals surface area contributed by atoms with Crippen molar-refractivity contribution in [3.05, 3.63) is 59.8 Å². The third-order valence-electron chi connectivity index (χ3n) is 4.69. The van der Waals surface area contributed by atoms with Crippen LogP contribution in [0.4, 0.5) is 11.4 Å². The summed E-state index contributed by atoms with van der Waals surface area (Å²) in [5.41, 5.74) is 9.81. The molecule has 0 saturated heterocycles. The van der Waals surface area contributed by atoms with Crippen molar-refractivity contribution in [2.45, 2.75) is 26.3 Å². The standard InChI is InChI=1S/C24H26N4O3/c1-3-5-12-26-18-8-6-16(7-9-18)13-20(25)23(29)27-19-10-11-21-17(14-19)15-22(28-21)24(30)31-4-2/h6-11,14-15,20,26,28H,4,12-13,25H2,1-2H3,(H,27,29)/t20-/m0/s1. The monoisotopic (exact) mass is 418 g/mol. The minimum absolute atomic E-state index is 0.277. The van der Waals surface area contributed by atoms with Crippen molar-refractivity contribution in [2.75, 3.05) is 23.8 Å². The predicted octanol–water partition coefficient (Wildman–Crippen LogP) is 3.29. The van der Waals surface area contributed by atoms with Gasteiger partial charge in [0.1, 0.15) is 5.69 Å². The number of rotatable bonds is 8. The lowest BCUT2D eigenvalue weighted by Gasteiger charge is -2.13. The Kier molecular flexibility index (Phi) is 7.31. The number of carbonyl (C=O) groups excluding carboxylic acids is 2. The number of amides is 1. The third kappa shape index (κ3) is 5.87. The molecular formula is C24H26N4O3. The second-order valence-electron chi connectivity index (χ2n) is 6.98. The molecule has 3 aromatic rings. The summed E-state index contributed by atoms with van der Waals surface area (Å²) in [5.74, 6) is 5.09. The Morgan fingerprint density at radius 2 is 1.87 bits per heavy atom. The van der Waals surface area contributed by atoms with Crippen LogP contribution in [0.3, 0.4) is 0 Å². The van der Waals surface area contributed by atoms with Gasteiger partial charge in [-0.1, -0.05) is 18.1 Å². The van der Waals surface area contributed by atoms with Crippen molar-refractivity contribution in [2.24, 2.45) is 5.73 Å². The zero-order valence-corrected chi connectivity index (χ0v) is 17.6. The van der Waals surface area contributed by atoms with Crippen molar-refractivity contribution in [3.63, 3.8) is 0 Å². The maximum Gasteiger partial charge on any atom is 0.354 e. The van der Waals surface area contributed by atoms with Crippen LogP contribution in [0.5, 0.6) is 0 Å². The fourth-order valence-electron chi connectivity index (χ4n) is 3.10. The fourth-order valence-corrected chi connectivity index (χ4v) is 3.10. The topological polar surface area (TPSA) is 109 Å². The van der Waals surface area contributed by atoms with Gasteiger partial charge in [0.05, 0.1) is 19.2 Å². The Hall–Kier alpha value is -3.76. The van der Waals surface area contributed by atoms with E-state index in [4.69, 9.17) is 10.5 Å². The van der Waals surface area contributed by atoms with Crippen LogP contribution in [0.15, 0.2) is 48.5 Å². The molecule has 0 radical (unpaired) electrons. The number of nitrogens with two attached hydrogens (primary N) is 1. The maximum absolute atomic E-state index is 12.5. The summed E-state index contributed by atoms with van der Waals surface area (Å²) >= 11 is 0. The van der Waals surface area contributed by atoms with Crippen LogP contribution in [0.25, 0.3) is 10.9 Å². The summed E-state index contributed by atoms with van der Waals surface area (Å²) in [5, 5.41) is 6.83. The molecular weight excluding hydrogens is 392 g/mol. The van der Waals surface area contributed by atoms with Gasteiger partial charge in [-0.05, 0) is 62.2 Å². The zero-order chi connectivity index (χ0) is 22.2. The van der Waals surface area contributed by atoms with Crippen LogP contribution in [-0.2, 0) is 16.0 Å². The lowest BCUT2D eigenvalue weighted by atomic mass is 10.1. The number of nitrogens with one attached hydrogen (secondary N) is 3. The first kappa shape index (κ1) is 21.9. The first-order valence-electron chi connectivity index (χ1n) is 10.1. The number of aromatic amines is 1. The molecule has 0 unspecified atom stereocenters. The van der Waals surface area contributed by atoms with E-state index in [-0.39, 0.29) is 5.91 Å². The van der Waals surface area contributed by atoms with E-state index in [1.54, 1.807) is 38.1 Å². The summed E-state index contributed by atoms with van der Waals surface area (Å²) < 4.78 is 5.01. The van der Waals surface area contributed by atoms with Gasteiger partial charge < -0.3 is 26.1 Å². The maximum atomic E-state index is 12.5. The van der Waals surface area contributed by atoms with E-state index in [2.05, 4.69) is 27.5 Å². The number of H-pyrrole nitrogens is 1. The molecule has 0 fully saturated rings. The number of aromatic nitrogens is 1. The Morgan fingerprint density at radius 3 is 2.58 bits per heavy atom. The summed E-state index contributed by atoms with van der Waals surface area (Å²) in [6.45, 7) is 4.45. The number of esters is 1. The van der Waals surface area contributed by atoms with Gasteiger partial charge in [-0.2, -0.15) is 0 Å². The molecule has 0 bridgehead atoms. The van der Waals surface area contributed by atoms with Gasteiger partial charge in [0.25, 0.3) is 0 Å². The molecule has 0 saturated carbocycles. The number of ether oxygens (including phenoxy) is 1. The molecule has 0 aliphatic rings. The van der Waals surface area contributed by atoms with E-state index in [0.717, 1.165) is 22.2 Å². The summed E-state index contributed by atoms with van der Waals surface area (Å²) in [6.07, 6.45) is 0.417. The van der Waals surface area contributed by atoms with Gasteiger partial charge in [-0.3, -0.25) is 4.79 Å². The highest BCUT2D eigenvalue weighted by atomic mass is 16.5. The number of carbonyl (C=O) groups is 2. The van der Waals surface area contributed by atoms with Crippen LogP contribution < -0.4 is 16.4 Å². The predicted molar refractivity (Wildman–Crippen MR) is 123 cm³/mol. The van der Waals surface area contributed by atoms with Crippen LogP contribution in [0.1, 0.15) is 29.9 Å². The molecule has 1 amide bonds. The van der Waals surface area contributed by atoms with E-state index in [1.807, 2.05) is 24.3 Å². The Balaban J connectivity index is 1.60. The first-order chi connectivity index (χ1) is 15.0. The van der Waals surface area contributed by atoms with Gasteiger partial charge >= 0.3 is 5.97 Å². The second-order valence-corrected chi connectivity index (χ2v) is 6.98. The number of hydrogen-bond donors (Lipinski definition) is 4. The van der Waals surface area contributed by atoms with Crippen molar-refractivity contribution < 1.29 is 14.3 Å². The quantitative estimate of drug-likeness (QED) is 0.332. The molecule has 31 heavy (non-hydrogen) atoms. The van der Waals surface area contributed by atoms with Gasteiger partial charge in [0.2, 0.25) is 5.91 Å². The summed E-state index contributed by atoms with van der Waals surface area (Å²) in [4.78, 5) is 27.4. The second kappa shape index (κ2) is 10.3. The van der Waals surface area contributed by atoms with E-state index in [9.17, 15) is 9.59 Å². The highest BCUT2D eigenvalue weighted by molar-refractivity contribution is 5.99. The molecule has 5 N–H and O–H groups in total. The van der Waals surface area contributed by atoms with Gasteiger partial charge in [0.15, 0.2) is 0 Å². The smallest absolute Gasteiger partial charge is 0.354 e. The Labute approximate surface area is 181 Å². The number of anilines is 2. The van der Waals surface area contributed by atoms with Gasteiger partial charge in [0, 0.05) is 22.3 Å². The van der Waals surface area contributed by atoms with Gasteiger partial charge in [-0.25, -0.2) is 4.79 Å².